The van der Waals surface area contributed by atoms with Crippen molar-refractivity contribution in [2.24, 2.45) is 0 Å². The van der Waals surface area contributed by atoms with Crippen LogP contribution in [0.15, 0.2) is 36.4 Å². The zero-order valence-corrected chi connectivity index (χ0v) is 12.8. The molecular formula is C15H14F2IN. The largest absolute Gasteiger partial charge is 0.309 e. The van der Waals surface area contributed by atoms with Gasteiger partial charge in [0.15, 0.2) is 0 Å². The number of hydrogen-bond donors (Lipinski definition) is 1. The van der Waals surface area contributed by atoms with Gasteiger partial charge in [-0.2, -0.15) is 0 Å². The van der Waals surface area contributed by atoms with E-state index >= 15 is 0 Å². The van der Waals surface area contributed by atoms with Crippen molar-refractivity contribution >= 4 is 22.6 Å². The number of aryl methyl sites for hydroxylation is 1. The maximum atomic E-state index is 13.5. The molecule has 0 bridgehead atoms. The molecule has 1 N–H and O–H groups in total. The SMILES string of the molecule is CNC(c1cc(C)cc(F)c1)c1ccc(F)cc1I. The van der Waals surface area contributed by atoms with Gasteiger partial charge in [0, 0.05) is 3.57 Å². The Morgan fingerprint density at radius 1 is 1.05 bits per heavy atom. The molecule has 2 aromatic rings. The monoisotopic (exact) mass is 373 g/mol. The molecule has 1 nitrogen and oxygen atoms in total. The Labute approximate surface area is 125 Å². The second-order valence-electron chi connectivity index (χ2n) is 4.45. The zero-order chi connectivity index (χ0) is 14.0. The molecule has 0 amide bonds. The summed E-state index contributed by atoms with van der Waals surface area (Å²) in [6, 6.07) is 9.42. The smallest absolute Gasteiger partial charge is 0.124 e. The van der Waals surface area contributed by atoms with Gasteiger partial charge in [0.1, 0.15) is 11.6 Å². The molecule has 0 aliphatic rings. The molecule has 0 heterocycles. The maximum Gasteiger partial charge on any atom is 0.124 e. The Hall–Kier alpha value is -1.01. The fourth-order valence-electron chi connectivity index (χ4n) is 2.17. The van der Waals surface area contributed by atoms with Crippen LogP contribution in [0.2, 0.25) is 0 Å². The summed E-state index contributed by atoms with van der Waals surface area (Å²) in [6.45, 7) is 1.86. The van der Waals surface area contributed by atoms with Gasteiger partial charge < -0.3 is 5.32 Å². The third-order valence-electron chi connectivity index (χ3n) is 2.96. The lowest BCUT2D eigenvalue weighted by atomic mass is 9.97. The summed E-state index contributed by atoms with van der Waals surface area (Å²) in [5, 5.41) is 3.16. The van der Waals surface area contributed by atoms with Crippen LogP contribution in [-0.4, -0.2) is 7.05 Å². The van der Waals surface area contributed by atoms with Crippen LogP contribution in [-0.2, 0) is 0 Å². The number of nitrogens with one attached hydrogen (secondary N) is 1. The lowest BCUT2D eigenvalue weighted by Gasteiger charge is -2.19. The summed E-state index contributed by atoms with van der Waals surface area (Å²) in [7, 11) is 1.81. The quantitative estimate of drug-likeness (QED) is 0.796. The fourth-order valence-corrected chi connectivity index (χ4v) is 2.96. The Morgan fingerprint density at radius 3 is 2.37 bits per heavy atom. The number of halogens is 3. The maximum absolute atomic E-state index is 13.5. The van der Waals surface area contributed by atoms with E-state index in [2.05, 4.69) is 27.9 Å². The predicted molar refractivity (Wildman–Crippen MR) is 81.2 cm³/mol. The molecule has 0 fully saturated rings. The fraction of sp³-hybridized carbons (Fsp3) is 0.200. The van der Waals surface area contributed by atoms with Crippen LogP contribution in [0, 0.1) is 22.1 Å². The standard InChI is InChI=1S/C15H14F2IN/c1-9-5-10(7-12(17)6-9)15(19-2)13-4-3-11(16)8-14(13)18/h3-8,15,19H,1-2H3. The van der Waals surface area contributed by atoms with Gasteiger partial charge in [-0.25, -0.2) is 8.78 Å². The Kier molecular flexibility index (Phi) is 4.52. The van der Waals surface area contributed by atoms with E-state index in [0.717, 1.165) is 20.3 Å². The minimum atomic E-state index is -0.265. The lowest BCUT2D eigenvalue weighted by molar-refractivity contribution is 0.610. The third kappa shape index (κ3) is 3.30. The van der Waals surface area contributed by atoms with Crippen LogP contribution < -0.4 is 5.32 Å². The topological polar surface area (TPSA) is 12.0 Å². The summed E-state index contributed by atoms with van der Waals surface area (Å²) < 4.78 is 27.5. The molecule has 2 aromatic carbocycles. The molecule has 0 spiro atoms. The number of benzene rings is 2. The van der Waals surface area contributed by atoms with Crippen LogP contribution in [0.25, 0.3) is 0 Å². The third-order valence-corrected chi connectivity index (χ3v) is 3.89. The lowest BCUT2D eigenvalue weighted by Crippen LogP contribution is -2.19. The van der Waals surface area contributed by atoms with Gasteiger partial charge in [-0.3, -0.25) is 0 Å². The van der Waals surface area contributed by atoms with Crippen molar-refractivity contribution in [3.05, 3.63) is 68.3 Å². The summed E-state index contributed by atoms with van der Waals surface area (Å²) in [5.41, 5.74) is 2.64. The molecule has 0 saturated carbocycles. The molecule has 0 saturated heterocycles. The van der Waals surface area contributed by atoms with E-state index in [9.17, 15) is 8.78 Å². The van der Waals surface area contributed by atoms with E-state index in [0.29, 0.717) is 0 Å². The second kappa shape index (κ2) is 5.96. The normalized spacial score (nSPS) is 12.5. The molecule has 2 rings (SSSR count). The first-order chi connectivity index (χ1) is 9.01. The van der Waals surface area contributed by atoms with Crippen LogP contribution in [0.4, 0.5) is 8.78 Å². The highest BCUT2D eigenvalue weighted by Gasteiger charge is 2.16. The van der Waals surface area contributed by atoms with Crippen molar-refractivity contribution in [1.29, 1.82) is 0 Å². The Morgan fingerprint density at radius 2 is 1.79 bits per heavy atom. The molecule has 4 heteroatoms. The summed E-state index contributed by atoms with van der Waals surface area (Å²) in [5.74, 6) is -0.522. The van der Waals surface area contributed by atoms with Gasteiger partial charge in [-0.05, 0) is 77.5 Å². The molecule has 1 unspecified atom stereocenters. The molecule has 0 aliphatic heterocycles. The first-order valence-electron chi connectivity index (χ1n) is 5.90. The van der Waals surface area contributed by atoms with Crippen molar-refractivity contribution in [2.45, 2.75) is 13.0 Å². The van der Waals surface area contributed by atoms with E-state index in [1.165, 1.54) is 24.3 Å². The molecule has 0 aromatic heterocycles. The highest BCUT2D eigenvalue weighted by atomic mass is 127. The summed E-state index contributed by atoms with van der Waals surface area (Å²) in [6.07, 6.45) is 0. The minimum Gasteiger partial charge on any atom is -0.309 e. The second-order valence-corrected chi connectivity index (χ2v) is 5.61. The van der Waals surface area contributed by atoms with Crippen LogP contribution >= 0.6 is 22.6 Å². The molecular weight excluding hydrogens is 359 g/mol. The van der Waals surface area contributed by atoms with E-state index in [4.69, 9.17) is 0 Å². The van der Waals surface area contributed by atoms with Gasteiger partial charge in [0.05, 0.1) is 6.04 Å². The number of hydrogen-bond acceptors (Lipinski definition) is 1. The van der Waals surface area contributed by atoms with Crippen molar-refractivity contribution in [1.82, 2.24) is 5.32 Å². The van der Waals surface area contributed by atoms with Gasteiger partial charge in [0.25, 0.3) is 0 Å². The average Bonchev–Trinajstić information content (AvgIpc) is 2.31. The van der Waals surface area contributed by atoms with Gasteiger partial charge in [-0.15, -0.1) is 0 Å². The molecule has 0 aliphatic carbocycles. The van der Waals surface area contributed by atoms with Crippen LogP contribution in [0.3, 0.4) is 0 Å². The molecule has 100 valence electrons. The Balaban J connectivity index is 2.49. The van der Waals surface area contributed by atoms with E-state index in [1.54, 1.807) is 6.07 Å². The van der Waals surface area contributed by atoms with Crippen molar-refractivity contribution < 1.29 is 8.78 Å². The predicted octanol–water partition coefficient (Wildman–Crippen LogP) is 4.19. The van der Waals surface area contributed by atoms with Crippen molar-refractivity contribution in [3.8, 4) is 0 Å². The number of rotatable bonds is 3. The van der Waals surface area contributed by atoms with Crippen LogP contribution in [0.1, 0.15) is 22.7 Å². The van der Waals surface area contributed by atoms with E-state index in [-0.39, 0.29) is 17.7 Å². The van der Waals surface area contributed by atoms with Gasteiger partial charge in [-0.1, -0.05) is 12.1 Å². The van der Waals surface area contributed by atoms with E-state index < -0.39 is 0 Å². The zero-order valence-electron chi connectivity index (χ0n) is 10.7. The highest BCUT2D eigenvalue weighted by molar-refractivity contribution is 14.1. The summed E-state index contributed by atoms with van der Waals surface area (Å²) >= 11 is 2.09. The summed E-state index contributed by atoms with van der Waals surface area (Å²) in [4.78, 5) is 0. The first kappa shape index (κ1) is 14.4. The van der Waals surface area contributed by atoms with Gasteiger partial charge in [0.2, 0.25) is 0 Å². The highest BCUT2D eigenvalue weighted by Crippen LogP contribution is 2.27. The average molecular weight is 373 g/mol. The minimum absolute atomic E-state index is 0.151. The van der Waals surface area contributed by atoms with Crippen molar-refractivity contribution in [2.75, 3.05) is 7.05 Å². The molecule has 1 atom stereocenters. The first-order valence-corrected chi connectivity index (χ1v) is 6.98. The molecule has 19 heavy (non-hydrogen) atoms. The molecule has 0 radical (unpaired) electrons. The Bertz CT molecular complexity index is 578. The van der Waals surface area contributed by atoms with Gasteiger partial charge >= 0.3 is 0 Å². The van der Waals surface area contributed by atoms with E-state index in [1.807, 2.05) is 20.0 Å². The van der Waals surface area contributed by atoms with Crippen molar-refractivity contribution in [3.63, 3.8) is 0 Å². The van der Waals surface area contributed by atoms with Crippen LogP contribution in [0.5, 0.6) is 0 Å².